The fraction of sp³-hybridized carbons (Fsp3) is 0.690. The Morgan fingerprint density at radius 2 is 1.57 bits per heavy atom. The average molecular weight is 614 g/mol. The monoisotopic (exact) mass is 613 g/mol. The van der Waals surface area contributed by atoms with E-state index in [9.17, 15) is 33.0 Å². The first-order valence-electron chi connectivity index (χ1n) is 14.2. The summed E-state index contributed by atoms with van der Waals surface area (Å²) in [7, 11) is -0.602. The van der Waals surface area contributed by atoms with Gasteiger partial charge < -0.3 is 25.7 Å². The molecule has 1 aromatic rings. The quantitative estimate of drug-likeness (QED) is 0.147. The SMILES string of the molecule is CC(C)CCN(CCCC(O)(NC(=O)CC(C)(C)CNC(=O)CN(C)C)c1ccccc1)S(=O)(=O)NC(C)(C)C(=O)O. The van der Waals surface area contributed by atoms with Crippen LogP contribution < -0.4 is 15.4 Å². The molecule has 240 valence electrons. The lowest BCUT2D eigenvalue weighted by molar-refractivity contribution is -0.142. The highest BCUT2D eigenvalue weighted by Crippen LogP contribution is 2.27. The Kier molecular flexibility index (Phi) is 14.1. The number of nitrogens with one attached hydrogen (secondary N) is 3. The Morgan fingerprint density at radius 3 is 2.10 bits per heavy atom. The van der Waals surface area contributed by atoms with E-state index in [1.165, 1.54) is 18.2 Å². The van der Waals surface area contributed by atoms with E-state index >= 15 is 0 Å². The van der Waals surface area contributed by atoms with Crippen LogP contribution in [0.5, 0.6) is 0 Å². The van der Waals surface area contributed by atoms with Crippen LogP contribution in [0.3, 0.4) is 0 Å². The van der Waals surface area contributed by atoms with Crippen LogP contribution in [0.15, 0.2) is 30.3 Å². The van der Waals surface area contributed by atoms with Gasteiger partial charge in [0.1, 0.15) is 5.54 Å². The number of amides is 2. The molecule has 0 aliphatic carbocycles. The molecule has 0 saturated heterocycles. The zero-order chi connectivity index (χ0) is 32.4. The van der Waals surface area contributed by atoms with Crippen LogP contribution in [0.1, 0.15) is 72.8 Å². The lowest BCUT2D eigenvalue weighted by atomic mass is 9.88. The number of carboxylic acids is 1. The molecule has 0 spiro atoms. The molecule has 2 amide bonds. The smallest absolute Gasteiger partial charge is 0.324 e. The van der Waals surface area contributed by atoms with Crippen molar-refractivity contribution in [3.05, 3.63) is 35.9 Å². The zero-order valence-corrected chi connectivity index (χ0v) is 27.2. The van der Waals surface area contributed by atoms with Crippen molar-refractivity contribution < 1.29 is 33.0 Å². The maximum absolute atomic E-state index is 13.2. The number of carboxylic acid groups (broad SMARTS) is 1. The fourth-order valence-corrected chi connectivity index (χ4v) is 5.72. The summed E-state index contributed by atoms with van der Waals surface area (Å²) in [5.41, 5.74) is -3.67. The molecule has 0 fully saturated rings. The van der Waals surface area contributed by atoms with Gasteiger partial charge in [0.15, 0.2) is 5.72 Å². The molecule has 1 aromatic carbocycles. The Morgan fingerprint density at radius 1 is 0.976 bits per heavy atom. The van der Waals surface area contributed by atoms with Crippen LogP contribution in [-0.2, 0) is 30.3 Å². The largest absolute Gasteiger partial charge is 0.480 e. The number of aliphatic hydroxyl groups is 1. The molecule has 0 heterocycles. The van der Waals surface area contributed by atoms with Gasteiger partial charge >= 0.3 is 5.97 Å². The molecule has 1 unspecified atom stereocenters. The number of carbonyl (C=O) groups excluding carboxylic acids is 2. The lowest BCUT2D eigenvalue weighted by Gasteiger charge is -2.33. The number of likely N-dealkylation sites (N-methyl/N-ethyl adjacent to an activating group) is 1. The minimum Gasteiger partial charge on any atom is -0.480 e. The summed E-state index contributed by atoms with van der Waals surface area (Å²) in [6.07, 6.45) is 0.739. The second kappa shape index (κ2) is 15.8. The molecule has 13 heteroatoms. The van der Waals surface area contributed by atoms with Gasteiger partial charge in [0.25, 0.3) is 10.2 Å². The van der Waals surface area contributed by atoms with E-state index in [0.29, 0.717) is 12.0 Å². The van der Waals surface area contributed by atoms with Crippen molar-refractivity contribution in [3.63, 3.8) is 0 Å². The van der Waals surface area contributed by atoms with Gasteiger partial charge in [0, 0.05) is 38.0 Å². The average Bonchev–Trinajstić information content (AvgIpc) is 2.83. The van der Waals surface area contributed by atoms with Crippen LogP contribution in [0, 0.1) is 11.3 Å². The van der Waals surface area contributed by atoms with Crippen LogP contribution in [0.25, 0.3) is 0 Å². The zero-order valence-electron chi connectivity index (χ0n) is 26.4. The molecule has 0 aliphatic rings. The summed E-state index contributed by atoms with van der Waals surface area (Å²) < 4.78 is 29.8. The maximum atomic E-state index is 13.2. The van der Waals surface area contributed by atoms with Crippen molar-refractivity contribution in [2.45, 2.75) is 78.5 Å². The summed E-state index contributed by atoms with van der Waals surface area (Å²) in [6.45, 7) is 10.8. The van der Waals surface area contributed by atoms with Crippen molar-refractivity contribution in [1.82, 2.24) is 24.6 Å². The Hall–Kier alpha value is -2.58. The topological polar surface area (TPSA) is 168 Å². The predicted molar refractivity (Wildman–Crippen MR) is 162 cm³/mol. The molecule has 1 rings (SSSR count). The summed E-state index contributed by atoms with van der Waals surface area (Å²) >= 11 is 0. The second-order valence-corrected chi connectivity index (χ2v) is 14.5. The first-order valence-corrected chi connectivity index (χ1v) is 15.7. The summed E-state index contributed by atoms with van der Waals surface area (Å²) in [5.74, 6) is -1.70. The fourth-order valence-electron chi connectivity index (χ4n) is 4.14. The van der Waals surface area contributed by atoms with Gasteiger partial charge in [-0.3, -0.25) is 14.4 Å². The molecule has 0 bridgehead atoms. The number of hydrogen-bond donors (Lipinski definition) is 5. The van der Waals surface area contributed by atoms with Gasteiger partial charge in [-0.1, -0.05) is 58.0 Å². The van der Waals surface area contributed by atoms with Crippen LogP contribution in [0.4, 0.5) is 0 Å². The van der Waals surface area contributed by atoms with Crippen molar-refractivity contribution in [2.75, 3.05) is 40.3 Å². The third-order valence-electron chi connectivity index (χ3n) is 6.62. The predicted octanol–water partition coefficient (Wildman–Crippen LogP) is 1.87. The Balaban J connectivity index is 3.06. The molecule has 1 atom stereocenters. The number of hydrogen-bond acceptors (Lipinski definition) is 7. The van der Waals surface area contributed by atoms with E-state index in [0.717, 1.165) is 0 Å². The minimum absolute atomic E-state index is 0.00122. The van der Waals surface area contributed by atoms with Crippen molar-refractivity contribution in [1.29, 1.82) is 0 Å². The van der Waals surface area contributed by atoms with Crippen LogP contribution in [-0.4, -0.2) is 91.4 Å². The van der Waals surface area contributed by atoms with Gasteiger partial charge in [0.05, 0.1) is 6.54 Å². The summed E-state index contributed by atoms with van der Waals surface area (Å²) in [6, 6.07) is 8.59. The van der Waals surface area contributed by atoms with E-state index in [1.54, 1.807) is 49.3 Å². The van der Waals surface area contributed by atoms with E-state index in [1.807, 2.05) is 27.7 Å². The molecule has 0 aliphatic heterocycles. The number of rotatable bonds is 19. The molecule has 0 saturated carbocycles. The van der Waals surface area contributed by atoms with Crippen LogP contribution in [0.2, 0.25) is 0 Å². The summed E-state index contributed by atoms with van der Waals surface area (Å²) in [5, 5.41) is 26.7. The van der Waals surface area contributed by atoms with Gasteiger partial charge in [-0.15, -0.1) is 0 Å². The highest BCUT2D eigenvalue weighted by Gasteiger charge is 2.37. The van der Waals surface area contributed by atoms with Gasteiger partial charge in [-0.25, -0.2) is 0 Å². The van der Waals surface area contributed by atoms with Crippen molar-refractivity contribution >= 4 is 28.0 Å². The Bertz CT molecular complexity index is 1140. The second-order valence-electron chi connectivity index (χ2n) is 12.9. The summed E-state index contributed by atoms with van der Waals surface area (Å²) in [4.78, 5) is 38.5. The Labute approximate surface area is 251 Å². The number of aliphatic carboxylic acids is 1. The molecule has 5 N–H and O–H groups in total. The molecule has 0 radical (unpaired) electrons. The molecular formula is C29H51N5O7S. The van der Waals surface area contributed by atoms with E-state index in [-0.39, 0.29) is 57.3 Å². The highest BCUT2D eigenvalue weighted by molar-refractivity contribution is 7.87. The lowest BCUT2D eigenvalue weighted by Crippen LogP contribution is -2.55. The normalized spacial score (nSPS) is 14.2. The third-order valence-corrected chi connectivity index (χ3v) is 8.43. The molecule has 42 heavy (non-hydrogen) atoms. The molecule has 12 nitrogen and oxygen atoms in total. The van der Waals surface area contributed by atoms with E-state index < -0.39 is 38.8 Å². The van der Waals surface area contributed by atoms with Gasteiger partial charge in [-0.2, -0.15) is 17.4 Å². The molecular weight excluding hydrogens is 562 g/mol. The minimum atomic E-state index is -4.18. The maximum Gasteiger partial charge on any atom is 0.324 e. The number of benzene rings is 1. The first-order chi connectivity index (χ1) is 19.2. The number of nitrogens with zero attached hydrogens (tertiary/aromatic N) is 2. The van der Waals surface area contributed by atoms with Gasteiger partial charge in [-0.05, 0) is 52.1 Å². The first kappa shape index (κ1) is 37.4. The van der Waals surface area contributed by atoms with Crippen molar-refractivity contribution in [3.8, 4) is 0 Å². The highest BCUT2D eigenvalue weighted by atomic mass is 32.2. The standard InChI is InChI=1S/C29H51N5O7S/c1-22(2)15-18-34(42(40,41)32-28(5,6)26(37)38)17-12-16-29(39,23-13-10-9-11-14-23)31-24(35)19-27(3,4)21-30-25(36)20-33(7)8/h9-11,13-14,22,32,39H,12,15-21H2,1-8H3,(H,30,36)(H,31,35)(H,37,38). The van der Waals surface area contributed by atoms with Crippen molar-refractivity contribution in [2.24, 2.45) is 11.3 Å². The molecule has 0 aromatic heterocycles. The van der Waals surface area contributed by atoms with Crippen LogP contribution >= 0.6 is 0 Å². The van der Waals surface area contributed by atoms with E-state index in [4.69, 9.17) is 0 Å². The number of carbonyl (C=O) groups is 3. The van der Waals surface area contributed by atoms with Gasteiger partial charge in [0.2, 0.25) is 11.8 Å². The van der Waals surface area contributed by atoms with E-state index in [2.05, 4.69) is 15.4 Å². The third kappa shape index (κ3) is 13.2.